The smallest absolute Gasteiger partial charge is 0.171 e. The van der Waals surface area contributed by atoms with E-state index in [4.69, 9.17) is 9.47 Å². The molecule has 1 heterocycles. The van der Waals surface area contributed by atoms with E-state index in [1.54, 1.807) is 18.2 Å². The summed E-state index contributed by atoms with van der Waals surface area (Å²) in [5.74, 6) is 0.765. The highest BCUT2D eigenvalue weighted by atomic mass is 32.2. The molecule has 6 nitrogen and oxygen atoms in total. The van der Waals surface area contributed by atoms with Crippen molar-refractivity contribution in [2.24, 2.45) is 0 Å². The Morgan fingerprint density at radius 3 is 2.43 bits per heavy atom. The van der Waals surface area contributed by atoms with Crippen molar-refractivity contribution < 1.29 is 22.7 Å². The summed E-state index contributed by atoms with van der Waals surface area (Å²) in [6, 6.07) is 4.73. The molecule has 0 bridgehead atoms. The van der Waals surface area contributed by atoms with Crippen LogP contribution in [-0.4, -0.2) is 52.5 Å². The molecule has 1 N–H and O–H groups in total. The summed E-state index contributed by atoms with van der Waals surface area (Å²) in [7, 11) is -0.106. The van der Waals surface area contributed by atoms with E-state index in [9.17, 15) is 13.2 Å². The maximum Gasteiger partial charge on any atom is 0.171 e. The lowest BCUT2D eigenvalue weighted by Crippen LogP contribution is -2.46. The van der Waals surface area contributed by atoms with Crippen LogP contribution in [-0.2, 0) is 9.84 Å². The Labute approximate surface area is 124 Å². The fourth-order valence-electron chi connectivity index (χ4n) is 2.45. The minimum Gasteiger partial charge on any atom is -0.496 e. The summed E-state index contributed by atoms with van der Waals surface area (Å²) in [6.45, 7) is 0.378. The molecular weight excluding hydrogens is 294 g/mol. The van der Waals surface area contributed by atoms with Crippen molar-refractivity contribution in [2.75, 3.05) is 32.3 Å². The highest BCUT2D eigenvalue weighted by Crippen LogP contribution is 2.30. The van der Waals surface area contributed by atoms with Crippen molar-refractivity contribution in [3.05, 3.63) is 23.8 Å². The standard InChI is InChI=1S/C14H19NO5S/c1-19-12-4-3-5-13(20-2)14(12)11(16)8-10-9-21(17,18)7-6-15-10/h3-5,10,15H,6-9H2,1-2H3. The minimum atomic E-state index is -3.07. The molecule has 1 aliphatic rings. The van der Waals surface area contributed by atoms with Gasteiger partial charge in [0.15, 0.2) is 15.6 Å². The fraction of sp³-hybridized carbons (Fsp3) is 0.500. The van der Waals surface area contributed by atoms with E-state index in [1.807, 2.05) is 0 Å². The van der Waals surface area contributed by atoms with E-state index in [-0.39, 0.29) is 29.8 Å². The average molecular weight is 313 g/mol. The third-order valence-corrected chi connectivity index (χ3v) is 5.18. The van der Waals surface area contributed by atoms with Crippen LogP contribution in [0.25, 0.3) is 0 Å². The van der Waals surface area contributed by atoms with Crippen LogP contribution in [0.2, 0.25) is 0 Å². The number of rotatable bonds is 5. The Morgan fingerprint density at radius 2 is 1.90 bits per heavy atom. The van der Waals surface area contributed by atoms with Gasteiger partial charge in [-0.2, -0.15) is 0 Å². The molecule has 0 aliphatic carbocycles. The molecule has 0 radical (unpaired) electrons. The van der Waals surface area contributed by atoms with Crippen molar-refractivity contribution in [3.8, 4) is 11.5 Å². The zero-order valence-corrected chi connectivity index (χ0v) is 12.9. The summed E-state index contributed by atoms with van der Waals surface area (Å²) >= 11 is 0. The topological polar surface area (TPSA) is 81.7 Å². The van der Waals surface area contributed by atoms with E-state index in [2.05, 4.69) is 5.32 Å². The first-order chi connectivity index (χ1) is 9.96. The van der Waals surface area contributed by atoms with E-state index < -0.39 is 9.84 Å². The lowest BCUT2D eigenvalue weighted by Gasteiger charge is -2.23. The monoisotopic (exact) mass is 313 g/mol. The highest BCUT2D eigenvalue weighted by molar-refractivity contribution is 7.91. The van der Waals surface area contributed by atoms with Crippen molar-refractivity contribution in [2.45, 2.75) is 12.5 Å². The van der Waals surface area contributed by atoms with Gasteiger partial charge in [-0.05, 0) is 12.1 Å². The summed E-state index contributed by atoms with van der Waals surface area (Å²) in [4.78, 5) is 12.5. The first kappa shape index (κ1) is 15.8. The Morgan fingerprint density at radius 1 is 1.29 bits per heavy atom. The summed E-state index contributed by atoms with van der Waals surface area (Å²) in [6.07, 6.45) is 0.0932. The Kier molecular flexibility index (Phi) is 4.84. The number of nitrogens with one attached hydrogen (secondary N) is 1. The van der Waals surface area contributed by atoms with Crippen molar-refractivity contribution in [1.29, 1.82) is 0 Å². The largest absolute Gasteiger partial charge is 0.496 e. The van der Waals surface area contributed by atoms with Crippen LogP contribution in [0.4, 0.5) is 0 Å². The lowest BCUT2D eigenvalue weighted by molar-refractivity contribution is 0.0965. The zero-order valence-electron chi connectivity index (χ0n) is 12.1. The van der Waals surface area contributed by atoms with E-state index >= 15 is 0 Å². The van der Waals surface area contributed by atoms with Gasteiger partial charge in [0.05, 0.1) is 25.7 Å². The maximum absolute atomic E-state index is 12.5. The first-order valence-corrected chi connectivity index (χ1v) is 8.47. The molecule has 2 rings (SSSR count). The van der Waals surface area contributed by atoms with Crippen LogP contribution in [0.5, 0.6) is 11.5 Å². The zero-order chi connectivity index (χ0) is 15.5. The second-order valence-corrected chi connectivity index (χ2v) is 7.16. The predicted octanol–water partition coefficient (Wildman–Crippen LogP) is 0.663. The van der Waals surface area contributed by atoms with Crippen molar-refractivity contribution >= 4 is 15.6 Å². The van der Waals surface area contributed by atoms with E-state index in [0.29, 0.717) is 23.6 Å². The number of methoxy groups -OCH3 is 2. The third kappa shape index (κ3) is 3.74. The number of hydrogen-bond acceptors (Lipinski definition) is 6. The van der Waals surface area contributed by atoms with Gasteiger partial charge in [0.2, 0.25) is 0 Å². The summed E-state index contributed by atoms with van der Waals surface area (Å²) < 4.78 is 33.6. The lowest BCUT2D eigenvalue weighted by atomic mass is 10.0. The number of ketones is 1. The van der Waals surface area contributed by atoms with Gasteiger partial charge in [-0.3, -0.25) is 4.79 Å². The predicted molar refractivity (Wildman–Crippen MR) is 78.9 cm³/mol. The SMILES string of the molecule is COc1cccc(OC)c1C(=O)CC1CS(=O)(=O)CCN1. The van der Waals surface area contributed by atoms with Crippen LogP contribution in [0.15, 0.2) is 18.2 Å². The third-order valence-electron chi connectivity index (χ3n) is 3.44. The molecule has 0 saturated carbocycles. The first-order valence-electron chi connectivity index (χ1n) is 6.65. The number of Topliss-reactive ketones (excluding diaryl/α,β-unsaturated/α-hetero) is 1. The van der Waals surface area contributed by atoms with Gasteiger partial charge >= 0.3 is 0 Å². The van der Waals surface area contributed by atoms with Gasteiger partial charge in [0, 0.05) is 19.0 Å². The van der Waals surface area contributed by atoms with E-state index in [1.165, 1.54) is 14.2 Å². The minimum absolute atomic E-state index is 0.0177. The molecule has 1 saturated heterocycles. The van der Waals surface area contributed by atoms with Crippen LogP contribution < -0.4 is 14.8 Å². The molecule has 1 atom stereocenters. The molecule has 1 aromatic carbocycles. The van der Waals surface area contributed by atoms with Crippen molar-refractivity contribution in [1.82, 2.24) is 5.32 Å². The molecule has 1 unspecified atom stereocenters. The van der Waals surface area contributed by atoms with Gasteiger partial charge in [0.25, 0.3) is 0 Å². The second kappa shape index (κ2) is 6.44. The molecule has 1 fully saturated rings. The molecule has 0 aromatic heterocycles. The Hall–Kier alpha value is -1.60. The Bertz CT molecular complexity index is 604. The number of carbonyl (C=O) groups is 1. The van der Waals surface area contributed by atoms with E-state index in [0.717, 1.165) is 0 Å². The van der Waals surface area contributed by atoms with Gasteiger partial charge in [-0.1, -0.05) is 6.07 Å². The summed E-state index contributed by atoms with van der Waals surface area (Å²) in [5, 5.41) is 3.07. The Balaban J connectivity index is 2.20. The molecule has 0 spiro atoms. The fourth-order valence-corrected chi connectivity index (χ4v) is 3.89. The number of carbonyl (C=O) groups excluding carboxylic acids is 1. The number of hydrogen-bond donors (Lipinski definition) is 1. The molecule has 21 heavy (non-hydrogen) atoms. The van der Waals surface area contributed by atoms with Gasteiger partial charge < -0.3 is 14.8 Å². The van der Waals surface area contributed by atoms with Gasteiger partial charge in [0.1, 0.15) is 17.1 Å². The quantitative estimate of drug-likeness (QED) is 0.804. The normalized spacial score (nSPS) is 20.8. The van der Waals surface area contributed by atoms with Crippen molar-refractivity contribution in [3.63, 3.8) is 0 Å². The second-order valence-electron chi connectivity index (χ2n) is 4.93. The van der Waals surface area contributed by atoms with Gasteiger partial charge in [-0.15, -0.1) is 0 Å². The maximum atomic E-state index is 12.5. The highest BCUT2D eigenvalue weighted by Gasteiger charge is 2.28. The molecule has 0 amide bonds. The average Bonchev–Trinajstić information content (AvgIpc) is 2.45. The van der Waals surface area contributed by atoms with Gasteiger partial charge in [-0.25, -0.2) is 8.42 Å². The van der Waals surface area contributed by atoms with Crippen LogP contribution in [0.1, 0.15) is 16.8 Å². The number of ether oxygens (including phenoxy) is 2. The number of benzene rings is 1. The molecule has 1 aliphatic heterocycles. The molecule has 1 aromatic rings. The van der Waals surface area contributed by atoms with Crippen LogP contribution >= 0.6 is 0 Å². The molecular formula is C14H19NO5S. The number of sulfone groups is 1. The molecule has 116 valence electrons. The van der Waals surface area contributed by atoms with Crippen LogP contribution in [0.3, 0.4) is 0 Å². The summed E-state index contributed by atoms with van der Waals surface area (Å²) in [5.41, 5.74) is 0.354. The molecule has 7 heteroatoms. The van der Waals surface area contributed by atoms with Crippen LogP contribution in [0, 0.1) is 0 Å².